The lowest BCUT2D eigenvalue weighted by Gasteiger charge is -2.28. The van der Waals surface area contributed by atoms with E-state index in [0.29, 0.717) is 12.6 Å². The van der Waals surface area contributed by atoms with Gasteiger partial charge in [-0.2, -0.15) is 5.10 Å². The van der Waals surface area contributed by atoms with Crippen LogP contribution in [0.1, 0.15) is 23.6 Å². The summed E-state index contributed by atoms with van der Waals surface area (Å²) in [4.78, 5) is 11.2. The zero-order chi connectivity index (χ0) is 20.6. The Morgan fingerprint density at radius 1 is 1.34 bits per heavy atom. The van der Waals surface area contributed by atoms with Crippen molar-refractivity contribution < 1.29 is 4.74 Å². The summed E-state index contributed by atoms with van der Waals surface area (Å²) in [5, 5.41) is 11.6. The Kier molecular flexibility index (Phi) is 7.60. The second-order valence-electron chi connectivity index (χ2n) is 7.70. The van der Waals surface area contributed by atoms with Crippen LogP contribution in [0.4, 0.5) is 0 Å². The van der Waals surface area contributed by atoms with Gasteiger partial charge in [-0.05, 0) is 32.5 Å². The molecule has 0 saturated heterocycles. The second-order valence-corrected chi connectivity index (χ2v) is 7.70. The molecular formula is C21H33N7O. The van der Waals surface area contributed by atoms with Crippen LogP contribution in [0.25, 0.3) is 0 Å². The molecule has 29 heavy (non-hydrogen) atoms. The van der Waals surface area contributed by atoms with Gasteiger partial charge in [-0.15, -0.1) is 0 Å². The van der Waals surface area contributed by atoms with E-state index in [-0.39, 0.29) is 6.04 Å². The number of aryl methyl sites for hydroxylation is 1. The van der Waals surface area contributed by atoms with Gasteiger partial charge in [-0.1, -0.05) is 30.3 Å². The minimum atomic E-state index is 0.276. The molecule has 0 spiro atoms. The highest BCUT2D eigenvalue weighted by molar-refractivity contribution is 5.80. The van der Waals surface area contributed by atoms with Gasteiger partial charge in [0.05, 0.1) is 6.54 Å². The molecule has 0 radical (unpaired) electrons. The topological polar surface area (TPSA) is 79.6 Å². The molecule has 0 aliphatic carbocycles. The molecule has 8 nitrogen and oxygen atoms in total. The van der Waals surface area contributed by atoms with Crippen molar-refractivity contribution in [2.75, 3.05) is 34.8 Å². The summed E-state index contributed by atoms with van der Waals surface area (Å²) in [5.41, 5.74) is 1.34. The highest BCUT2D eigenvalue weighted by Crippen LogP contribution is 2.13. The van der Waals surface area contributed by atoms with E-state index in [1.807, 2.05) is 11.7 Å². The Labute approximate surface area is 173 Å². The molecule has 1 aliphatic rings. The Bertz CT molecular complexity index is 788. The summed E-state index contributed by atoms with van der Waals surface area (Å²) in [5.74, 6) is 2.62. The van der Waals surface area contributed by atoms with Crippen molar-refractivity contribution in [3.05, 3.63) is 47.5 Å². The number of guanidine groups is 1. The van der Waals surface area contributed by atoms with Crippen LogP contribution in [0, 0.1) is 0 Å². The third-order valence-corrected chi connectivity index (χ3v) is 5.29. The average molecular weight is 400 g/mol. The number of hydrogen-bond donors (Lipinski definition) is 2. The number of methoxy groups -OCH3 is 1. The summed E-state index contributed by atoms with van der Waals surface area (Å²) in [6.07, 6.45) is 2.90. The van der Waals surface area contributed by atoms with Crippen LogP contribution in [0.5, 0.6) is 0 Å². The van der Waals surface area contributed by atoms with Gasteiger partial charge in [0.15, 0.2) is 11.8 Å². The van der Waals surface area contributed by atoms with Gasteiger partial charge >= 0.3 is 0 Å². The quantitative estimate of drug-likeness (QED) is 0.511. The average Bonchev–Trinajstić information content (AvgIpc) is 3.12. The maximum Gasteiger partial charge on any atom is 0.191 e. The van der Waals surface area contributed by atoms with Crippen LogP contribution < -0.4 is 10.6 Å². The van der Waals surface area contributed by atoms with Crippen LogP contribution in [0.2, 0.25) is 0 Å². The molecule has 2 heterocycles. The Balaban J connectivity index is 1.53. The number of nitrogens with zero attached hydrogens (tertiary/aromatic N) is 5. The zero-order valence-corrected chi connectivity index (χ0v) is 17.9. The van der Waals surface area contributed by atoms with E-state index >= 15 is 0 Å². The molecule has 158 valence electrons. The monoisotopic (exact) mass is 399 g/mol. The summed E-state index contributed by atoms with van der Waals surface area (Å²) < 4.78 is 7.13. The van der Waals surface area contributed by atoms with Crippen LogP contribution in [-0.2, 0) is 30.7 Å². The minimum Gasteiger partial charge on any atom is -0.377 e. The third kappa shape index (κ3) is 6.01. The minimum absolute atomic E-state index is 0.276. The van der Waals surface area contributed by atoms with E-state index in [9.17, 15) is 0 Å². The van der Waals surface area contributed by atoms with Gasteiger partial charge in [0, 0.05) is 39.2 Å². The summed E-state index contributed by atoms with van der Waals surface area (Å²) in [6, 6.07) is 11.3. The van der Waals surface area contributed by atoms with Gasteiger partial charge in [-0.3, -0.25) is 4.99 Å². The first-order valence-corrected chi connectivity index (χ1v) is 10.2. The molecule has 0 fully saturated rings. The molecule has 0 bridgehead atoms. The van der Waals surface area contributed by atoms with Crippen molar-refractivity contribution in [3.63, 3.8) is 0 Å². The number of likely N-dealkylation sites (N-methyl/N-ethyl adjacent to an activating group) is 1. The fourth-order valence-corrected chi connectivity index (χ4v) is 3.59. The van der Waals surface area contributed by atoms with Crippen molar-refractivity contribution in [2.24, 2.45) is 4.99 Å². The lowest BCUT2D eigenvalue weighted by molar-refractivity contribution is 0.177. The van der Waals surface area contributed by atoms with E-state index in [4.69, 9.17) is 4.74 Å². The van der Waals surface area contributed by atoms with E-state index in [0.717, 1.165) is 50.0 Å². The number of fused-ring (bicyclic) bond motifs is 1. The van der Waals surface area contributed by atoms with Crippen LogP contribution >= 0.6 is 0 Å². The van der Waals surface area contributed by atoms with E-state index in [1.54, 1.807) is 7.11 Å². The molecule has 8 heteroatoms. The number of benzene rings is 1. The van der Waals surface area contributed by atoms with E-state index in [1.165, 1.54) is 5.56 Å². The highest BCUT2D eigenvalue weighted by atomic mass is 16.5. The maximum atomic E-state index is 5.14. The molecule has 1 aromatic carbocycles. The lowest BCUT2D eigenvalue weighted by Crippen LogP contribution is -2.50. The fraction of sp³-hybridized carbons (Fsp3) is 0.571. The second kappa shape index (κ2) is 10.4. The fourth-order valence-electron chi connectivity index (χ4n) is 3.59. The molecule has 2 atom stereocenters. The maximum absolute atomic E-state index is 5.14. The molecule has 0 saturated carbocycles. The number of hydrogen-bond acceptors (Lipinski definition) is 5. The van der Waals surface area contributed by atoms with Crippen LogP contribution in [0.3, 0.4) is 0 Å². The number of rotatable bonds is 8. The first-order valence-electron chi connectivity index (χ1n) is 10.2. The number of aromatic nitrogens is 3. The highest BCUT2D eigenvalue weighted by Gasteiger charge is 2.22. The summed E-state index contributed by atoms with van der Waals surface area (Å²) in [7, 11) is 7.73. The predicted molar refractivity (Wildman–Crippen MR) is 115 cm³/mol. The van der Waals surface area contributed by atoms with E-state index < -0.39 is 0 Å². The smallest absolute Gasteiger partial charge is 0.191 e. The largest absolute Gasteiger partial charge is 0.377 e. The normalized spacial score (nSPS) is 17.8. The standard InChI is InChI=1S/C21H33N7O/c1-22-21(23-13-18(27(2)3)12-16-8-6-5-7-9-16)24-17-10-11-20-25-19(15-29-4)26-28(20)14-17/h5-9,17-18H,10-15H2,1-4H3,(H2,22,23,24). The van der Waals surface area contributed by atoms with Crippen molar-refractivity contribution in [1.82, 2.24) is 30.3 Å². The molecule has 0 amide bonds. The van der Waals surface area contributed by atoms with Crippen LogP contribution in [0.15, 0.2) is 35.3 Å². The third-order valence-electron chi connectivity index (χ3n) is 5.29. The molecule has 1 aliphatic heterocycles. The van der Waals surface area contributed by atoms with Crippen molar-refractivity contribution in [2.45, 2.75) is 44.5 Å². The molecule has 2 aromatic rings. The van der Waals surface area contributed by atoms with Gasteiger partial charge in [0.25, 0.3) is 0 Å². The molecule has 2 unspecified atom stereocenters. The van der Waals surface area contributed by atoms with Gasteiger partial charge in [0.1, 0.15) is 12.4 Å². The molecule has 2 N–H and O–H groups in total. The molecule has 3 rings (SSSR count). The lowest BCUT2D eigenvalue weighted by atomic mass is 10.1. The van der Waals surface area contributed by atoms with Gasteiger partial charge < -0.3 is 20.3 Å². The SMILES string of the molecule is CN=C(NCC(Cc1ccccc1)N(C)C)NC1CCc2nc(COC)nn2C1. The van der Waals surface area contributed by atoms with Gasteiger partial charge in [-0.25, -0.2) is 9.67 Å². The number of ether oxygens (including phenoxy) is 1. The van der Waals surface area contributed by atoms with Crippen LogP contribution in [-0.4, -0.2) is 72.5 Å². The Morgan fingerprint density at radius 3 is 2.83 bits per heavy atom. The van der Waals surface area contributed by atoms with Crippen molar-refractivity contribution >= 4 is 5.96 Å². The first kappa shape index (κ1) is 21.3. The number of nitrogens with one attached hydrogen (secondary N) is 2. The molecule has 1 aromatic heterocycles. The number of aliphatic imine (C=N–C) groups is 1. The molecular weight excluding hydrogens is 366 g/mol. The Morgan fingerprint density at radius 2 is 2.14 bits per heavy atom. The first-order chi connectivity index (χ1) is 14.1. The predicted octanol–water partition coefficient (Wildman–Crippen LogP) is 1.08. The van der Waals surface area contributed by atoms with E-state index in [2.05, 4.69) is 75.0 Å². The zero-order valence-electron chi connectivity index (χ0n) is 17.9. The van der Waals surface area contributed by atoms with Gasteiger partial charge in [0.2, 0.25) is 0 Å². The Hall–Kier alpha value is -2.45. The summed E-state index contributed by atoms with van der Waals surface area (Å²) >= 11 is 0. The summed E-state index contributed by atoms with van der Waals surface area (Å²) in [6.45, 7) is 2.06. The van der Waals surface area contributed by atoms with Crippen molar-refractivity contribution in [3.8, 4) is 0 Å². The van der Waals surface area contributed by atoms with Crippen molar-refractivity contribution in [1.29, 1.82) is 0 Å².